The molecule has 0 atom stereocenters. The first kappa shape index (κ1) is 18.1. The summed E-state index contributed by atoms with van der Waals surface area (Å²) in [5.74, 6) is 1.08. The van der Waals surface area contributed by atoms with Gasteiger partial charge in [-0.3, -0.25) is 4.98 Å². The lowest BCUT2D eigenvalue weighted by Gasteiger charge is -2.12. The van der Waals surface area contributed by atoms with Crippen LogP contribution in [0.5, 0.6) is 0 Å². The van der Waals surface area contributed by atoms with Crippen molar-refractivity contribution < 1.29 is 0 Å². The molecule has 29 heavy (non-hydrogen) atoms. The third-order valence-corrected chi connectivity index (χ3v) is 4.26. The van der Waals surface area contributed by atoms with Gasteiger partial charge in [0.25, 0.3) is 0 Å². The SMILES string of the molecule is N#Cc1ccccc1Nc1cc(-c2ccccc2)nc(NCc2ccccn2)n1. The van der Waals surface area contributed by atoms with Crippen LogP contribution in [0, 0.1) is 11.3 Å². The smallest absolute Gasteiger partial charge is 0.225 e. The summed E-state index contributed by atoms with van der Waals surface area (Å²) >= 11 is 0. The van der Waals surface area contributed by atoms with Crippen LogP contribution in [0.1, 0.15) is 11.3 Å². The maximum Gasteiger partial charge on any atom is 0.225 e. The number of anilines is 3. The highest BCUT2D eigenvalue weighted by molar-refractivity contribution is 5.69. The number of benzene rings is 2. The quantitative estimate of drug-likeness (QED) is 0.503. The Bertz CT molecular complexity index is 1140. The van der Waals surface area contributed by atoms with Crippen LogP contribution in [0.25, 0.3) is 11.3 Å². The van der Waals surface area contributed by atoms with E-state index in [0.29, 0.717) is 29.6 Å². The van der Waals surface area contributed by atoms with Gasteiger partial charge in [-0.25, -0.2) is 4.98 Å². The maximum absolute atomic E-state index is 9.35. The van der Waals surface area contributed by atoms with E-state index in [1.807, 2.05) is 72.8 Å². The lowest BCUT2D eigenvalue weighted by Crippen LogP contribution is -2.07. The van der Waals surface area contributed by atoms with Crippen molar-refractivity contribution in [3.8, 4) is 17.3 Å². The number of para-hydroxylation sites is 1. The maximum atomic E-state index is 9.35. The summed E-state index contributed by atoms with van der Waals surface area (Å²) < 4.78 is 0. The van der Waals surface area contributed by atoms with Gasteiger partial charge < -0.3 is 10.6 Å². The summed E-state index contributed by atoms with van der Waals surface area (Å²) in [6.45, 7) is 0.507. The molecule has 2 aromatic carbocycles. The van der Waals surface area contributed by atoms with Gasteiger partial charge in [0.2, 0.25) is 5.95 Å². The molecule has 0 saturated carbocycles. The molecule has 2 aromatic heterocycles. The zero-order chi connectivity index (χ0) is 19.9. The minimum absolute atomic E-state index is 0.481. The molecule has 0 fully saturated rings. The number of hydrogen-bond donors (Lipinski definition) is 2. The molecule has 4 aromatic rings. The Labute approximate surface area is 168 Å². The van der Waals surface area contributed by atoms with E-state index in [-0.39, 0.29) is 0 Å². The van der Waals surface area contributed by atoms with Crippen molar-refractivity contribution in [2.75, 3.05) is 10.6 Å². The number of nitriles is 1. The first-order valence-electron chi connectivity index (χ1n) is 9.16. The molecular formula is C23H18N6. The van der Waals surface area contributed by atoms with Crippen molar-refractivity contribution in [3.05, 3.63) is 96.3 Å². The monoisotopic (exact) mass is 378 g/mol. The predicted octanol–water partition coefficient (Wildman–Crippen LogP) is 4.77. The second-order valence-corrected chi connectivity index (χ2v) is 6.29. The van der Waals surface area contributed by atoms with Gasteiger partial charge in [0.15, 0.2) is 0 Å². The summed E-state index contributed by atoms with van der Waals surface area (Å²) in [6, 6.07) is 27.1. The molecule has 0 saturated heterocycles. The summed E-state index contributed by atoms with van der Waals surface area (Å²) in [5.41, 5.74) is 3.90. The molecule has 0 bridgehead atoms. The second-order valence-electron chi connectivity index (χ2n) is 6.29. The van der Waals surface area contributed by atoms with Crippen LogP contribution in [0.15, 0.2) is 85.1 Å². The highest BCUT2D eigenvalue weighted by atomic mass is 15.1. The largest absolute Gasteiger partial charge is 0.348 e. The fourth-order valence-electron chi connectivity index (χ4n) is 2.85. The van der Waals surface area contributed by atoms with Crippen LogP contribution in [-0.4, -0.2) is 15.0 Å². The van der Waals surface area contributed by atoms with E-state index in [1.54, 1.807) is 12.3 Å². The van der Waals surface area contributed by atoms with E-state index in [9.17, 15) is 5.26 Å². The predicted molar refractivity (Wildman–Crippen MR) is 113 cm³/mol. The van der Waals surface area contributed by atoms with Crippen LogP contribution >= 0.6 is 0 Å². The topological polar surface area (TPSA) is 86.5 Å². The summed E-state index contributed by atoms with van der Waals surface area (Å²) in [4.78, 5) is 13.5. The lowest BCUT2D eigenvalue weighted by molar-refractivity contribution is 1.00. The molecule has 140 valence electrons. The number of nitrogens with zero attached hydrogens (tertiary/aromatic N) is 4. The number of rotatable bonds is 6. The van der Waals surface area contributed by atoms with Crippen molar-refractivity contribution in [2.45, 2.75) is 6.54 Å². The Kier molecular flexibility index (Phi) is 5.40. The molecule has 0 aliphatic rings. The van der Waals surface area contributed by atoms with Crippen molar-refractivity contribution in [2.24, 2.45) is 0 Å². The zero-order valence-electron chi connectivity index (χ0n) is 15.6. The molecule has 0 radical (unpaired) electrons. The van der Waals surface area contributed by atoms with Gasteiger partial charge in [-0.05, 0) is 24.3 Å². The van der Waals surface area contributed by atoms with E-state index < -0.39 is 0 Å². The van der Waals surface area contributed by atoms with Crippen LogP contribution in [0.2, 0.25) is 0 Å². The van der Waals surface area contributed by atoms with E-state index >= 15 is 0 Å². The number of nitrogens with one attached hydrogen (secondary N) is 2. The van der Waals surface area contributed by atoms with Crippen LogP contribution < -0.4 is 10.6 Å². The van der Waals surface area contributed by atoms with Crippen molar-refractivity contribution in [3.63, 3.8) is 0 Å². The lowest BCUT2D eigenvalue weighted by atomic mass is 10.1. The van der Waals surface area contributed by atoms with Gasteiger partial charge >= 0.3 is 0 Å². The van der Waals surface area contributed by atoms with Crippen LogP contribution in [0.3, 0.4) is 0 Å². The Morgan fingerprint density at radius 2 is 1.66 bits per heavy atom. The van der Waals surface area contributed by atoms with Crippen molar-refractivity contribution >= 4 is 17.5 Å². The molecule has 0 unspecified atom stereocenters. The Hall–Kier alpha value is -4.24. The van der Waals surface area contributed by atoms with Crippen LogP contribution in [0.4, 0.5) is 17.5 Å². The summed E-state index contributed by atoms with van der Waals surface area (Å²) in [6.07, 6.45) is 1.75. The first-order chi connectivity index (χ1) is 14.3. The average Bonchev–Trinajstić information content (AvgIpc) is 2.79. The molecule has 0 amide bonds. The standard InChI is InChI=1S/C23H18N6/c24-15-18-10-4-5-12-20(18)27-22-14-21(17-8-2-1-3-9-17)28-23(29-22)26-16-19-11-6-7-13-25-19/h1-14H,16H2,(H2,26,27,28,29). The van der Waals surface area contributed by atoms with Crippen molar-refractivity contribution in [1.82, 2.24) is 15.0 Å². The number of aromatic nitrogens is 3. The molecule has 0 aliphatic heterocycles. The molecule has 2 N–H and O–H groups in total. The summed E-state index contributed by atoms with van der Waals surface area (Å²) in [5, 5.41) is 15.8. The molecule has 0 aliphatic carbocycles. The molecule has 6 heteroatoms. The molecular weight excluding hydrogens is 360 g/mol. The summed E-state index contributed by atoms with van der Waals surface area (Å²) in [7, 11) is 0. The highest BCUT2D eigenvalue weighted by Gasteiger charge is 2.09. The third kappa shape index (κ3) is 4.54. The van der Waals surface area contributed by atoms with Gasteiger partial charge in [0.1, 0.15) is 11.9 Å². The first-order valence-corrected chi connectivity index (χ1v) is 9.16. The molecule has 6 nitrogen and oxygen atoms in total. The Balaban J connectivity index is 1.67. The molecule has 2 heterocycles. The zero-order valence-corrected chi connectivity index (χ0v) is 15.6. The van der Waals surface area contributed by atoms with Gasteiger partial charge in [-0.1, -0.05) is 48.5 Å². The number of hydrogen-bond acceptors (Lipinski definition) is 6. The van der Waals surface area contributed by atoms with Gasteiger partial charge in [0, 0.05) is 17.8 Å². The van der Waals surface area contributed by atoms with Gasteiger partial charge in [-0.2, -0.15) is 10.2 Å². The normalized spacial score (nSPS) is 10.2. The van der Waals surface area contributed by atoms with E-state index in [4.69, 9.17) is 0 Å². The van der Waals surface area contributed by atoms with Crippen molar-refractivity contribution in [1.29, 1.82) is 5.26 Å². The Morgan fingerprint density at radius 3 is 2.45 bits per heavy atom. The third-order valence-electron chi connectivity index (χ3n) is 4.26. The van der Waals surface area contributed by atoms with Gasteiger partial charge in [0.05, 0.1) is 29.2 Å². The van der Waals surface area contributed by atoms with Gasteiger partial charge in [-0.15, -0.1) is 0 Å². The van der Waals surface area contributed by atoms with E-state index in [0.717, 1.165) is 17.0 Å². The second kappa shape index (κ2) is 8.63. The van der Waals surface area contributed by atoms with Crippen LogP contribution in [-0.2, 0) is 6.54 Å². The molecule has 0 spiro atoms. The minimum Gasteiger partial charge on any atom is -0.348 e. The molecule has 4 rings (SSSR count). The van der Waals surface area contributed by atoms with E-state index in [2.05, 4.69) is 31.7 Å². The fourth-order valence-corrected chi connectivity index (χ4v) is 2.85. The van der Waals surface area contributed by atoms with E-state index in [1.165, 1.54) is 0 Å². The average molecular weight is 378 g/mol. The Morgan fingerprint density at radius 1 is 0.862 bits per heavy atom. The minimum atomic E-state index is 0.481. The highest BCUT2D eigenvalue weighted by Crippen LogP contribution is 2.25. The number of pyridine rings is 1. The fraction of sp³-hybridized carbons (Fsp3) is 0.0435.